The van der Waals surface area contributed by atoms with E-state index in [2.05, 4.69) is 26.3 Å². The summed E-state index contributed by atoms with van der Waals surface area (Å²) >= 11 is 0. The van der Waals surface area contributed by atoms with Crippen LogP contribution in [0.15, 0.2) is 18.2 Å². The minimum Gasteiger partial charge on any atom is -0.398 e. The largest absolute Gasteiger partial charge is 0.398 e. The maximum absolute atomic E-state index is 6.02. The molecule has 2 aliphatic carbocycles. The molecule has 5 heteroatoms. The van der Waals surface area contributed by atoms with Crippen LogP contribution in [0.1, 0.15) is 37.3 Å². The molecule has 2 fully saturated rings. The van der Waals surface area contributed by atoms with Gasteiger partial charge in [-0.1, -0.05) is 12.1 Å². The van der Waals surface area contributed by atoms with Crippen molar-refractivity contribution in [2.75, 3.05) is 5.73 Å². The van der Waals surface area contributed by atoms with Gasteiger partial charge in [-0.2, -0.15) is 0 Å². The van der Waals surface area contributed by atoms with E-state index in [0.29, 0.717) is 6.04 Å². The number of aryl methyl sites for hydroxylation is 1. The van der Waals surface area contributed by atoms with Crippen molar-refractivity contribution >= 4 is 5.69 Å². The first-order valence-electron chi connectivity index (χ1n) is 7.38. The SMILES string of the molecule is Cc1ccc(-c2nnnn2C(C2CC2)C2CC2)cc1N. The van der Waals surface area contributed by atoms with Gasteiger partial charge in [-0.15, -0.1) is 5.10 Å². The molecule has 0 radical (unpaired) electrons. The maximum atomic E-state index is 6.02. The van der Waals surface area contributed by atoms with E-state index in [1.807, 2.05) is 19.1 Å². The third-order valence-electron chi connectivity index (χ3n) is 4.52. The van der Waals surface area contributed by atoms with Crippen molar-refractivity contribution in [2.24, 2.45) is 11.8 Å². The standard InChI is InChI=1S/C15H19N5/c1-9-2-3-12(8-13(9)16)15-17-18-19-20(15)14(10-4-5-10)11-6-7-11/h2-3,8,10-11,14H,4-7,16H2,1H3. The van der Waals surface area contributed by atoms with Crippen molar-refractivity contribution in [3.8, 4) is 11.4 Å². The smallest absolute Gasteiger partial charge is 0.182 e. The van der Waals surface area contributed by atoms with Crippen LogP contribution >= 0.6 is 0 Å². The van der Waals surface area contributed by atoms with Gasteiger partial charge in [0.2, 0.25) is 0 Å². The molecule has 20 heavy (non-hydrogen) atoms. The molecule has 2 N–H and O–H groups in total. The zero-order valence-corrected chi connectivity index (χ0v) is 11.7. The monoisotopic (exact) mass is 269 g/mol. The molecule has 104 valence electrons. The summed E-state index contributed by atoms with van der Waals surface area (Å²) in [4.78, 5) is 0. The van der Waals surface area contributed by atoms with Crippen molar-refractivity contribution in [1.29, 1.82) is 0 Å². The summed E-state index contributed by atoms with van der Waals surface area (Å²) in [5.41, 5.74) is 8.93. The summed E-state index contributed by atoms with van der Waals surface area (Å²) in [6.07, 6.45) is 5.26. The molecule has 1 heterocycles. The van der Waals surface area contributed by atoms with Crippen LogP contribution in [0.5, 0.6) is 0 Å². The zero-order valence-electron chi connectivity index (χ0n) is 11.7. The molecule has 2 aliphatic rings. The van der Waals surface area contributed by atoms with Gasteiger partial charge in [0.25, 0.3) is 0 Å². The van der Waals surface area contributed by atoms with E-state index in [9.17, 15) is 0 Å². The topological polar surface area (TPSA) is 69.6 Å². The molecular weight excluding hydrogens is 250 g/mol. The molecule has 4 rings (SSSR count). The van der Waals surface area contributed by atoms with Crippen molar-refractivity contribution in [3.05, 3.63) is 23.8 Å². The molecule has 1 aromatic carbocycles. The molecule has 0 bridgehead atoms. The fourth-order valence-electron chi connectivity index (χ4n) is 3.02. The van der Waals surface area contributed by atoms with Gasteiger partial charge in [-0.3, -0.25) is 0 Å². The van der Waals surface area contributed by atoms with E-state index in [0.717, 1.165) is 34.5 Å². The maximum Gasteiger partial charge on any atom is 0.182 e. The van der Waals surface area contributed by atoms with Gasteiger partial charge in [0, 0.05) is 11.3 Å². The molecule has 0 saturated heterocycles. The lowest BCUT2D eigenvalue weighted by atomic mass is 10.1. The van der Waals surface area contributed by atoms with E-state index in [1.165, 1.54) is 25.7 Å². The van der Waals surface area contributed by atoms with Gasteiger partial charge in [0.15, 0.2) is 5.82 Å². The number of hydrogen-bond acceptors (Lipinski definition) is 4. The van der Waals surface area contributed by atoms with E-state index in [1.54, 1.807) is 0 Å². The van der Waals surface area contributed by atoms with Crippen LogP contribution in [0.3, 0.4) is 0 Å². The first-order valence-corrected chi connectivity index (χ1v) is 7.38. The average molecular weight is 269 g/mol. The molecule has 0 atom stereocenters. The van der Waals surface area contributed by atoms with Crippen LogP contribution in [-0.2, 0) is 0 Å². The second-order valence-electron chi connectivity index (χ2n) is 6.18. The van der Waals surface area contributed by atoms with Crippen LogP contribution in [0.4, 0.5) is 5.69 Å². The molecule has 0 amide bonds. The predicted octanol–water partition coefficient (Wildman–Crippen LogP) is 2.59. The first kappa shape index (κ1) is 11.9. The Morgan fingerprint density at radius 3 is 2.50 bits per heavy atom. The van der Waals surface area contributed by atoms with E-state index >= 15 is 0 Å². The third-order valence-corrected chi connectivity index (χ3v) is 4.52. The van der Waals surface area contributed by atoms with Gasteiger partial charge in [0.1, 0.15) is 0 Å². The molecule has 2 aromatic rings. The van der Waals surface area contributed by atoms with E-state index in [-0.39, 0.29) is 0 Å². The van der Waals surface area contributed by atoms with E-state index in [4.69, 9.17) is 5.73 Å². The van der Waals surface area contributed by atoms with Crippen molar-refractivity contribution in [3.63, 3.8) is 0 Å². The van der Waals surface area contributed by atoms with Crippen molar-refractivity contribution < 1.29 is 0 Å². The zero-order chi connectivity index (χ0) is 13.7. The minimum atomic E-state index is 0.488. The Bertz CT molecular complexity index is 627. The number of nitrogens with two attached hydrogens (primary N) is 1. The minimum absolute atomic E-state index is 0.488. The summed E-state index contributed by atoms with van der Waals surface area (Å²) in [7, 11) is 0. The van der Waals surface area contributed by atoms with Crippen LogP contribution < -0.4 is 5.73 Å². The third kappa shape index (κ3) is 1.97. The van der Waals surface area contributed by atoms with Gasteiger partial charge in [-0.05, 0) is 66.5 Å². The van der Waals surface area contributed by atoms with Crippen molar-refractivity contribution in [1.82, 2.24) is 20.2 Å². The average Bonchev–Trinajstić information content (AvgIpc) is 3.34. The summed E-state index contributed by atoms with van der Waals surface area (Å²) in [6, 6.07) is 6.56. The molecule has 0 aliphatic heterocycles. The summed E-state index contributed by atoms with van der Waals surface area (Å²) in [5, 5.41) is 12.4. The first-order chi connectivity index (χ1) is 9.74. The number of hydrogen-bond donors (Lipinski definition) is 1. The number of aromatic nitrogens is 4. The van der Waals surface area contributed by atoms with Crippen molar-refractivity contribution in [2.45, 2.75) is 38.6 Å². The predicted molar refractivity (Wildman–Crippen MR) is 76.9 cm³/mol. The Hall–Kier alpha value is -1.91. The van der Waals surface area contributed by atoms with Gasteiger partial charge < -0.3 is 5.73 Å². The Kier molecular flexibility index (Phi) is 2.55. The lowest BCUT2D eigenvalue weighted by Crippen LogP contribution is -2.16. The Balaban J connectivity index is 1.75. The Morgan fingerprint density at radius 2 is 1.90 bits per heavy atom. The Labute approximate surface area is 118 Å². The number of tetrazole rings is 1. The highest BCUT2D eigenvalue weighted by Crippen LogP contribution is 2.52. The number of rotatable bonds is 4. The number of nitrogen functional groups attached to an aromatic ring is 1. The van der Waals surface area contributed by atoms with Crippen LogP contribution in [-0.4, -0.2) is 20.2 Å². The second kappa shape index (κ2) is 4.30. The molecular formula is C15H19N5. The fraction of sp³-hybridized carbons (Fsp3) is 0.533. The number of nitrogens with zero attached hydrogens (tertiary/aromatic N) is 4. The van der Waals surface area contributed by atoms with Crippen LogP contribution in [0, 0.1) is 18.8 Å². The lowest BCUT2D eigenvalue weighted by Gasteiger charge is -2.17. The van der Waals surface area contributed by atoms with Crippen LogP contribution in [0.2, 0.25) is 0 Å². The van der Waals surface area contributed by atoms with Gasteiger partial charge in [-0.25, -0.2) is 4.68 Å². The molecule has 5 nitrogen and oxygen atoms in total. The van der Waals surface area contributed by atoms with Gasteiger partial charge in [0.05, 0.1) is 6.04 Å². The van der Waals surface area contributed by atoms with E-state index < -0.39 is 0 Å². The summed E-state index contributed by atoms with van der Waals surface area (Å²) < 4.78 is 2.06. The highest BCUT2D eigenvalue weighted by molar-refractivity contribution is 5.63. The highest BCUT2D eigenvalue weighted by atomic mass is 15.6. The summed E-state index contributed by atoms with van der Waals surface area (Å²) in [5.74, 6) is 2.40. The number of benzene rings is 1. The Morgan fingerprint density at radius 1 is 1.20 bits per heavy atom. The quantitative estimate of drug-likeness (QED) is 0.866. The normalized spacial score (nSPS) is 18.7. The highest BCUT2D eigenvalue weighted by Gasteiger charge is 2.44. The second-order valence-corrected chi connectivity index (χ2v) is 6.18. The summed E-state index contributed by atoms with van der Waals surface area (Å²) in [6.45, 7) is 2.01. The molecule has 2 saturated carbocycles. The van der Waals surface area contributed by atoms with Gasteiger partial charge >= 0.3 is 0 Å². The lowest BCUT2D eigenvalue weighted by molar-refractivity contribution is 0.357. The van der Waals surface area contributed by atoms with Crippen LogP contribution in [0.25, 0.3) is 11.4 Å². The number of anilines is 1. The molecule has 0 unspecified atom stereocenters. The fourth-order valence-corrected chi connectivity index (χ4v) is 3.02. The molecule has 0 spiro atoms. The molecule has 1 aromatic heterocycles.